The fourth-order valence-electron chi connectivity index (χ4n) is 7.60. The van der Waals surface area contributed by atoms with E-state index in [2.05, 4.69) is 5.32 Å². The number of sulfone groups is 1. The molecule has 3 aromatic rings. The molecule has 16 nitrogen and oxygen atoms in total. The van der Waals surface area contributed by atoms with Gasteiger partial charge in [-0.15, -0.1) is 0 Å². The number of aliphatic hydroxyl groups excluding tert-OH is 2. The number of aliphatic hydroxyl groups is 2. The van der Waals surface area contributed by atoms with Gasteiger partial charge in [0.2, 0.25) is 10.0 Å². The van der Waals surface area contributed by atoms with E-state index in [1.165, 1.54) is 28.6 Å². The molecule has 18 heteroatoms. The number of amides is 2. The molecule has 2 atom stereocenters. The van der Waals surface area contributed by atoms with Gasteiger partial charge in [-0.1, -0.05) is 36.4 Å². The Morgan fingerprint density at radius 3 is 2.27 bits per heavy atom. The van der Waals surface area contributed by atoms with Crippen LogP contribution in [0, 0.1) is 0 Å². The summed E-state index contributed by atoms with van der Waals surface area (Å²) in [6, 6.07) is 17.6. The number of ether oxygens (including phenoxy) is 4. The van der Waals surface area contributed by atoms with Gasteiger partial charge in [-0.05, 0) is 107 Å². The molecule has 1 spiro atoms. The van der Waals surface area contributed by atoms with Gasteiger partial charge in [-0.2, -0.15) is 4.31 Å². The molecule has 3 fully saturated rings. The van der Waals surface area contributed by atoms with Crippen LogP contribution in [0.25, 0.3) is 11.1 Å². The highest BCUT2D eigenvalue weighted by Gasteiger charge is 2.54. The summed E-state index contributed by atoms with van der Waals surface area (Å²) in [4.78, 5) is 25.6. The second-order valence-electron chi connectivity index (χ2n) is 16.6. The Balaban J connectivity index is 1.06. The Kier molecular flexibility index (Phi) is 13.4. The number of rotatable bonds is 16. The predicted molar refractivity (Wildman–Crippen MR) is 220 cm³/mol. The lowest BCUT2D eigenvalue weighted by atomic mass is 9.88. The third-order valence-electron chi connectivity index (χ3n) is 11.1. The Bertz CT molecular complexity index is 2230. The molecular formula is C42H55N3O13S2. The van der Waals surface area contributed by atoms with E-state index in [1.807, 2.05) is 24.3 Å². The summed E-state index contributed by atoms with van der Waals surface area (Å²) in [6.45, 7) is 6.87. The zero-order chi connectivity index (χ0) is 43.5. The molecule has 0 bridgehead atoms. The third-order valence-corrected chi connectivity index (χ3v) is 15.6. The summed E-state index contributed by atoms with van der Waals surface area (Å²) in [5.41, 5.74) is 0.871. The summed E-state index contributed by atoms with van der Waals surface area (Å²) in [5, 5.41) is 33.4. The maximum absolute atomic E-state index is 14.2. The van der Waals surface area contributed by atoms with Crippen LogP contribution in [-0.2, 0) is 35.9 Å². The number of nitrogens with one attached hydrogen (secondary N) is 1. The van der Waals surface area contributed by atoms with Gasteiger partial charge < -0.3 is 44.5 Å². The molecule has 2 saturated heterocycles. The van der Waals surface area contributed by atoms with Gasteiger partial charge in [0.05, 0.1) is 47.7 Å². The van der Waals surface area contributed by atoms with E-state index in [0.29, 0.717) is 37.7 Å². The fraction of sp³-hybridized carbons (Fsp3) is 0.524. The smallest absolute Gasteiger partial charge is 0.407 e. The molecule has 2 heterocycles. The molecule has 2 aliphatic heterocycles. The summed E-state index contributed by atoms with van der Waals surface area (Å²) in [6.07, 6.45) is -1.37. The quantitative estimate of drug-likeness (QED) is 0.152. The van der Waals surface area contributed by atoms with Crippen LogP contribution < -0.4 is 14.8 Å². The Labute approximate surface area is 351 Å². The SMILES string of the molecule is CCOc1ccc(-c2ccc(CNC(=O)OC(C)(C)C)cc2)cc1S(=O)(=O)N1CCC2(CC1)C[C@H](N(C[C@H](O)COc1cccc(S(=O)(=O)C3(CO)CC3)c1)C(=O)O)CO2. The van der Waals surface area contributed by atoms with E-state index in [9.17, 15) is 41.7 Å². The zero-order valence-corrected chi connectivity index (χ0v) is 36.0. The molecule has 0 aromatic heterocycles. The summed E-state index contributed by atoms with van der Waals surface area (Å²) < 4.78 is 77.7. The second kappa shape index (κ2) is 17.9. The molecule has 6 rings (SSSR count). The van der Waals surface area contributed by atoms with Crippen molar-refractivity contribution in [2.24, 2.45) is 0 Å². The van der Waals surface area contributed by atoms with Crippen LogP contribution in [0.5, 0.6) is 11.5 Å². The van der Waals surface area contributed by atoms with E-state index in [-0.39, 0.29) is 67.3 Å². The molecule has 1 saturated carbocycles. The minimum Gasteiger partial charge on any atom is -0.492 e. The minimum atomic E-state index is -4.04. The second-order valence-corrected chi connectivity index (χ2v) is 20.9. The largest absolute Gasteiger partial charge is 0.492 e. The van der Waals surface area contributed by atoms with Gasteiger partial charge in [0.25, 0.3) is 0 Å². The Morgan fingerprint density at radius 1 is 0.967 bits per heavy atom. The molecule has 0 radical (unpaired) electrons. The first kappa shape index (κ1) is 45.1. The number of carboxylic acid groups (broad SMARTS) is 1. The highest BCUT2D eigenvalue weighted by molar-refractivity contribution is 7.93. The number of nitrogens with zero attached hydrogens (tertiary/aromatic N) is 2. The van der Waals surface area contributed by atoms with Crippen LogP contribution in [0.4, 0.5) is 9.59 Å². The van der Waals surface area contributed by atoms with Crippen LogP contribution in [0.1, 0.15) is 65.4 Å². The number of carbonyl (C=O) groups excluding carboxylic acids is 1. The molecule has 3 aromatic carbocycles. The number of benzene rings is 3. The first-order chi connectivity index (χ1) is 28.3. The molecule has 0 unspecified atom stereocenters. The number of carbonyl (C=O) groups is 2. The van der Waals surface area contributed by atoms with Gasteiger partial charge in [-0.3, -0.25) is 0 Å². The lowest BCUT2D eigenvalue weighted by Crippen LogP contribution is -2.48. The van der Waals surface area contributed by atoms with E-state index in [4.69, 9.17) is 18.9 Å². The first-order valence-electron chi connectivity index (χ1n) is 20.0. The van der Waals surface area contributed by atoms with E-state index < -0.39 is 66.7 Å². The van der Waals surface area contributed by atoms with Crippen molar-refractivity contribution >= 4 is 32.0 Å². The van der Waals surface area contributed by atoms with Crippen LogP contribution in [0.2, 0.25) is 0 Å². The monoisotopic (exact) mass is 873 g/mol. The first-order valence-corrected chi connectivity index (χ1v) is 23.0. The van der Waals surface area contributed by atoms with Gasteiger partial charge >= 0.3 is 12.2 Å². The normalized spacial score (nSPS) is 19.3. The molecule has 3 aliphatic rings. The van der Waals surface area contributed by atoms with Crippen molar-refractivity contribution in [3.63, 3.8) is 0 Å². The number of hydrogen-bond acceptors (Lipinski definition) is 12. The molecule has 2 amide bonds. The molecule has 60 heavy (non-hydrogen) atoms. The third kappa shape index (κ3) is 10.2. The van der Waals surface area contributed by atoms with Gasteiger partial charge in [-0.25, -0.2) is 26.4 Å². The summed E-state index contributed by atoms with van der Waals surface area (Å²) >= 11 is 0. The zero-order valence-electron chi connectivity index (χ0n) is 34.3. The van der Waals surface area contributed by atoms with Crippen molar-refractivity contribution in [2.75, 3.05) is 46.1 Å². The van der Waals surface area contributed by atoms with Crippen LogP contribution in [0.3, 0.4) is 0 Å². The van der Waals surface area contributed by atoms with E-state index in [1.54, 1.807) is 45.9 Å². The molecule has 328 valence electrons. The maximum Gasteiger partial charge on any atom is 0.407 e. The minimum absolute atomic E-state index is 0.00167. The standard InChI is InChI=1S/C42H55N3O13S2/c1-5-55-36-14-13-31(30-11-9-29(10-12-30)24-43-38(48)58-40(2,3)4)21-37(36)60(53,54)44-19-17-41(18-20-44)23-32(26-57-41)45(39(49)50)25-33(47)27-56-34-7-6-8-35(22-34)59(51,52)42(28-46)15-16-42/h6-14,21-22,32-33,46-47H,5,15-20,23-28H2,1-4H3,(H,43,48)(H,49,50)/t32-,33-/m0/s1. The van der Waals surface area contributed by atoms with Gasteiger partial charge in [0.15, 0.2) is 9.84 Å². The number of hydrogen-bond donors (Lipinski definition) is 4. The number of alkyl carbamates (subject to hydrolysis) is 1. The van der Waals surface area contributed by atoms with Crippen LogP contribution in [0.15, 0.2) is 76.5 Å². The van der Waals surface area contributed by atoms with Gasteiger partial charge in [0.1, 0.15) is 34.7 Å². The highest BCUT2D eigenvalue weighted by atomic mass is 32.2. The van der Waals surface area contributed by atoms with E-state index in [0.717, 1.165) is 16.0 Å². The van der Waals surface area contributed by atoms with Crippen molar-refractivity contribution in [1.29, 1.82) is 0 Å². The summed E-state index contributed by atoms with van der Waals surface area (Å²) in [5.74, 6) is 0.401. The van der Waals surface area contributed by atoms with Crippen molar-refractivity contribution in [3.05, 3.63) is 72.3 Å². The van der Waals surface area contributed by atoms with Crippen molar-refractivity contribution < 1.29 is 60.7 Å². The number of sulfonamides is 1. The predicted octanol–water partition coefficient (Wildman–Crippen LogP) is 4.81. The topological polar surface area (TPSA) is 219 Å². The maximum atomic E-state index is 14.2. The average Bonchev–Trinajstić information content (AvgIpc) is 3.93. The lowest BCUT2D eigenvalue weighted by molar-refractivity contribution is -0.0319. The average molecular weight is 874 g/mol. The molecule has 4 N–H and O–H groups in total. The van der Waals surface area contributed by atoms with Crippen LogP contribution in [-0.4, -0.2) is 128 Å². The van der Waals surface area contributed by atoms with Gasteiger partial charge in [0, 0.05) is 19.6 Å². The highest BCUT2D eigenvalue weighted by Crippen LogP contribution is 2.47. The van der Waals surface area contributed by atoms with E-state index >= 15 is 0 Å². The van der Waals surface area contributed by atoms with Crippen molar-refractivity contribution in [1.82, 2.24) is 14.5 Å². The Hall–Kier alpha value is -4.46. The molecule has 1 aliphatic carbocycles. The molecular weight excluding hydrogens is 819 g/mol. The van der Waals surface area contributed by atoms with Crippen LogP contribution >= 0.6 is 0 Å². The lowest BCUT2D eigenvalue weighted by Gasteiger charge is -2.38. The van der Waals surface area contributed by atoms with Crippen molar-refractivity contribution in [2.45, 2.75) is 104 Å². The fourth-order valence-corrected chi connectivity index (χ4v) is 11.0. The number of piperidine rings is 1. The Morgan fingerprint density at radius 2 is 1.65 bits per heavy atom. The van der Waals surface area contributed by atoms with Crippen molar-refractivity contribution in [3.8, 4) is 22.6 Å². The summed E-state index contributed by atoms with van der Waals surface area (Å²) in [7, 11) is -7.83.